The van der Waals surface area contributed by atoms with E-state index in [-0.39, 0.29) is 10.6 Å². The third kappa shape index (κ3) is 4.69. The van der Waals surface area contributed by atoms with Crippen molar-refractivity contribution in [2.75, 3.05) is 29.1 Å². The Bertz CT molecular complexity index is 514. The number of halogens is 3. The van der Waals surface area contributed by atoms with Crippen LogP contribution in [0.15, 0.2) is 18.2 Å². The van der Waals surface area contributed by atoms with Crippen molar-refractivity contribution in [1.29, 1.82) is 0 Å². The first-order valence-electron chi connectivity index (χ1n) is 6.32. The molecule has 2 rings (SSSR count). The van der Waals surface area contributed by atoms with E-state index >= 15 is 0 Å². The molecule has 2 nitrogen and oxygen atoms in total. The summed E-state index contributed by atoms with van der Waals surface area (Å²) in [6.45, 7) is 0.722. The normalized spacial score (nSPS) is 19.3. The summed E-state index contributed by atoms with van der Waals surface area (Å²) in [5.74, 6) is 3.33. The van der Waals surface area contributed by atoms with Crippen molar-refractivity contribution in [2.45, 2.75) is 11.4 Å². The molecular weight excluding hydrogens is 337 g/mol. The summed E-state index contributed by atoms with van der Waals surface area (Å²) in [4.78, 5) is -0.242. The van der Waals surface area contributed by atoms with Crippen molar-refractivity contribution in [3.05, 3.63) is 29.3 Å². The molecule has 21 heavy (non-hydrogen) atoms. The van der Waals surface area contributed by atoms with Gasteiger partial charge in [0.15, 0.2) is 0 Å². The van der Waals surface area contributed by atoms with Crippen LogP contribution in [-0.4, -0.2) is 34.0 Å². The predicted octanol–water partition coefficient (Wildman–Crippen LogP) is 3.60. The molecule has 0 aliphatic carbocycles. The van der Waals surface area contributed by atoms with Gasteiger partial charge in [-0.05, 0) is 18.2 Å². The molecule has 0 saturated carbocycles. The van der Waals surface area contributed by atoms with E-state index in [0.29, 0.717) is 10.9 Å². The van der Waals surface area contributed by atoms with Gasteiger partial charge in [-0.25, -0.2) is 0 Å². The van der Waals surface area contributed by atoms with Crippen LogP contribution in [0.5, 0.6) is 0 Å². The number of alkyl halides is 3. The average molecular weight is 352 g/mol. The molecule has 0 radical (unpaired) electrons. The van der Waals surface area contributed by atoms with Crippen molar-refractivity contribution in [3.63, 3.8) is 0 Å². The van der Waals surface area contributed by atoms with E-state index in [9.17, 15) is 13.2 Å². The summed E-state index contributed by atoms with van der Waals surface area (Å²) >= 11 is 8.52. The monoisotopic (exact) mass is 352 g/mol. The van der Waals surface area contributed by atoms with Crippen LogP contribution in [0.3, 0.4) is 0 Å². The molecule has 1 aromatic rings. The van der Waals surface area contributed by atoms with E-state index in [2.05, 4.69) is 5.32 Å². The quantitative estimate of drug-likeness (QED) is 0.810. The number of thiocarbonyl (C=S) groups is 1. The Balaban J connectivity index is 2.10. The van der Waals surface area contributed by atoms with E-state index in [4.69, 9.17) is 18.0 Å². The largest absolute Gasteiger partial charge is 0.417 e. The lowest BCUT2D eigenvalue weighted by atomic mass is 10.1. The molecule has 3 N–H and O–H groups in total. The van der Waals surface area contributed by atoms with E-state index in [1.54, 1.807) is 0 Å². The molecule has 1 fully saturated rings. The van der Waals surface area contributed by atoms with Crippen LogP contribution in [0.4, 0.5) is 18.9 Å². The molecule has 1 aliphatic rings. The van der Waals surface area contributed by atoms with Gasteiger partial charge in [-0.15, -0.1) is 0 Å². The lowest BCUT2D eigenvalue weighted by Crippen LogP contribution is -2.24. The molecule has 1 atom stereocenters. The van der Waals surface area contributed by atoms with Gasteiger partial charge in [0.05, 0.1) is 5.56 Å². The number of hydrogen-bond acceptors (Lipinski definition) is 4. The maximum Gasteiger partial charge on any atom is 0.417 e. The van der Waals surface area contributed by atoms with Crippen molar-refractivity contribution >= 4 is 46.4 Å². The van der Waals surface area contributed by atoms with Gasteiger partial charge >= 0.3 is 6.18 Å². The summed E-state index contributed by atoms with van der Waals surface area (Å²) in [6.07, 6.45) is -4.45. The van der Waals surface area contributed by atoms with Crippen molar-refractivity contribution in [1.82, 2.24) is 0 Å². The van der Waals surface area contributed by atoms with Crippen LogP contribution >= 0.6 is 35.7 Å². The third-order valence-electron chi connectivity index (χ3n) is 3.01. The lowest BCUT2D eigenvalue weighted by molar-refractivity contribution is -0.137. The molecule has 1 heterocycles. The van der Waals surface area contributed by atoms with Gasteiger partial charge in [0.2, 0.25) is 0 Å². The van der Waals surface area contributed by atoms with E-state index in [0.717, 1.165) is 29.9 Å². The zero-order chi connectivity index (χ0) is 15.5. The zero-order valence-electron chi connectivity index (χ0n) is 11.1. The first kappa shape index (κ1) is 16.8. The van der Waals surface area contributed by atoms with Crippen LogP contribution in [0.2, 0.25) is 0 Å². The Morgan fingerprint density at radius 1 is 1.38 bits per heavy atom. The van der Waals surface area contributed by atoms with Crippen molar-refractivity contribution < 1.29 is 13.2 Å². The summed E-state index contributed by atoms with van der Waals surface area (Å²) in [6, 6.07) is 3.83. The Morgan fingerprint density at radius 3 is 2.71 bits per heavy atom. The molecular formula is C13H15F3N2S3. The highest BCUT2D eigenvalue weighted by molar-refractivity contribution is 8.06. The minimum Gasteiger partial charge on any atom is -0.389 e. The molecule has 0 amide bonds. The first-order valence-corrected chi connectivity index (χ1v) is 8.93. The summed E-state index contributed by atoms with van der Waals surface area (Å²) < 4.78 is 38.6. The number of benzene rings is 1. The summed E-state index contributed by atoms with van der Waals surface area (Å²) in [7, 11) is 0. The Hall–Kier alpha value is -0.600. The maximum atomic E-state index is 12.9. The van der Waals surface area contributed by atoms with E-state index < -0.39 is 11.7 Å². The summed E-state index contributed by atoms with van der Waals surface area (Å²) in [5.41, 5.74) is 5.11. The molecule has 8 heteroatoms. The fourth-order valence-electron chi connectivity index (χ4n) is 1.99. The van der Waals surface area contributed by atoms with Gasteiger partial charge in [0, 0.05) is 40.3 Å². The van der Waals surface area contributed by atoms with Crippen LogP contribution < -0.4 is 11.1 Å². The van der Waals surface area contributed by atoms with Crippen LogP contribution in [0.25, 0.3) is 0 Å². The highest BCUT2D eigenvalue weighted by atomic mass is 32.2. The molecule has 1 aliphatic heterocycles. The fourth-order valence-corrected chi connectivity index (χ4v) is 4.77. The molecule has 116 valence electrons. The predicted molar refractivity (Wildman–Crippen MR) is 89.4 cm³/mol. The number of thioether (sulfide) groups is 2. The highest BCUT2D eigenvalue weighted by Crippen LogP contribution is 2.33. The van der Waals surface area contributed by atoms with Gasteiger partial charge in [-0.1, -0.05) is 12.2 Å². The Kier molecular flexibility index (Phi) is 5.67. The van der Waals surface area contributed by atoms with Gasteiger partial charge in [-0.3, -0.25) is 0 Å². The van der Waals surface area contributed by atoms with Crippen LogP contribution in [0, 0.1) is 0 Å². The molecule has 0 aromatic heterocycles. The number of nitrogens with two attached hydrogens (primary N) is 1. The second-order valence-corrected chi connectivity index (χ2v) is 7.57. The maximum absolute atomic E-state index is 12.9. The number of hydrogen-bond donors (Lipinski definition) is 2. The second kappa shape index (κ2) is 7.11. The number of rotatable bonds is 4. The standard InChI is InChI=1S/C13H15F3N2S3/c14-13(15,16)11-2-1-8(5-10(11)12(17)19)18-6-9-7-20-3-4-21-9/h1-2,5,9,18H,3-4,6-7H2,(H2,17,19). The molecule has 1 saturated heterocycles. The van der Waals surface area contributed by atoms with Crippen molar-refractivity contribution in [2.24, 2.45) is 5.73 Å². The topological polar surface area (TPSA) is 38.0 Å². The molecule has 0 bridgehead atoms. The molecule has 1 aromatic carbocycles. The van der Waals surface area contributed by atoms with Crippen LogP contribution in [-0.2, 0) is 6.18 Å². The van der Waals surface area contributed by atoms with E-state index in [1.807, 2.05) is 23.5 Å². The lowest BCUT2D eigenvalue weighted by Gasteiger charge is -2.22. The first-order chi connectivity index (χ1) is 9.88. The van der Waals surface area contributed by atoms with Gasteiger partial charge in [0.25, 0.3) is 0 Å². The zero-order valence-corrected chi connectivity index (χ0v) is 13.5. The van der Waals surface area contributed by atoms with Gasteiger partial charge in [0.1, 0.15) is 4.99 Å². The summed E-state index contributed by atoms with van der Waals surface area (Å²) in [5, 5.41) is 3.64. The average Bonchev–Trinajstić information content (AvgIpc) is 2.45. The van der Waals surface area contributed by atoms with Crippen LogP contribution in [0.1, 0.15) is 11.1 Å². The van der Waals surface area contributed by atoms with Gasteiger partial charge < -0.3 is 11.1 Å². The fraction of sp³-hybridized carbons (Fsp3) is 0.462. The Labute approximate surface area is 135 Å². The number of nitrogens with one attached hydrogen (secondary N) is 1. The molecule has 0 spiro atoms. The minimum atomic E-state index is -4.45. The minimum absolute atomic E-state index is 0.131. The second-order valence-electron chi connectivity index (χ2n) is 4.57. The number of anilines is 1. The third-order valence-corrected chi connectivity index (χ3v) is 6.07. The SMILES string of the molecule is NC(=S)c1cc(NCC2CSCCS2)ccc1C(F)(F)F. The van der Waals surface area contributed by atoms with Gasteiger partial charge in [-0.2, -0.15) is 36.7 Å². The smallest absolute Gasteiger partial charge is 0.389 e. The molecule has 1 unspecified atom stereocenters. The Morgan fingerprint density at radius 2 is 2.14 bits per heavy atom. The van der Waals surface area contributed by atoms with E-state index in [1.165, 1.54) is 12.1 Å². The van der Waals surface area contributed by atoms with Crippen molar-refractivity contribution in [3.8, 4) is 0 Å². The highest BCUT2D eigenvalue weighted by Gasteiger charge is 2.34.